The number of aryl methyl sites for hydroxylation is 1. The molecule has 1 aromatic carbocycles. The Balaban J connectivity index is 1.81. The molecule has 2 aromatic heterocycles. The quantitative estimate of drug-likeness (QED) is 0.665. The van der Waals surface area contributed by atoms with Crippen molar-refractivity contribution >= 4 is 28.8 Å². The van der Waals surface area contributed by atoms with Crippen molar-refractivity contribution in [3.05, 3.63) is 40.7 Å². The molecule has 3 aromatic rings. The molecule has 0 radical (unpaired) electrons. The number of piperidine rings is 1. The normalized spacial score (nSPS) is 19.7. The first-order valence-corrected chi connectivity index (χ1v) is 8.74. The largest absolute Gasteiger partial charge is 0.284 e. The Morgan fingerprint density at radius 2 is 2.13 bits per heavy atom. The Kier molecular flexibility index (Phi) is 3.70. The molecule has 120 valence electrons. The van der Waals surface area contributed by atoms with Gasteiger partial charge in [0.25, 0.3) is 0 Å². The molecule has 1 atom stereocenters. The summed E-state index contributed by atoms with van der Waals surface area (Å²) in [5, 5.41) is 6.01. The van der Waals surface area contributed by atoms with Gasteiger partial charge in [-0.3, -0.25) is 9.30 Å². The van der Waals surface area contributed by atoms with E-state index >= 15 is 0 Å². The van der Waals surface area contributed by atoms with Crippen LogP contribution in [0.25, 0.3) is 16.6 Å². The van der Waals surface area contributed by atoms with E-state index in [0.29, 0.717) is 0 Å². The van der Waals surface area contributed by atoms with Crippen molar-refractivity contribution in [3.63, 3.8) is 0 Å². The molecule has 0 amide bonds. The van der Waals surface area contributed by atoms with E-state index in [1.54, 1.807) is 0 Å². The molecule has 0 spiro atoms. The van der Waals surface area contributed by atoms with Crippen LogP contribution in [-0.4, -0.2) is 32.2 Å². The Morgan fingerprint density at radius 1 is 1.30 bits per heavy atom. The predicted molar refractivity (Wildman–Crippen MR) is 96.2 cm³/mol. The number of rotatable bonds is 2. The van der Waals surface area contributed by atoms with Crippen LogP contribution in [0.2, 0.25) is 0 Å². The second-order valence-corrected chi connectivity index (χ2v) is 7.15. The van der Waals surface area contributed by atoms with Crippen molar-refractivity contribution in [1.29, 1.82) is 0 Å². The average Bonchev–Trinajstić information content (AvgIpc) is 2.84. The average molecular weight is 326 g/mol. The summed E-state index contributed by atoms with van der Waals surface area (Å²) in [4.78, 5) is 2.46. The first-order chi connectivity index (χ1) is 11.1. The molecular formula is C18H22N4S. The van der Waals surface area contributed by atoms with Gasteiger partial charge in [-0.15, -0.1) is 0 Å². The molecular weight excluding hydrogens is 304 g/mol. The highest BCUT2D eigenvalue weighted by Crippen LogP contribution is 2.22. The van der Waals surface area contributed by atoms with Crippen LogP contribution in [0.3, 0.4) is 0 Å². The van der Waals surface area contributed by atoms with Gasteiger partial charge in [0.2, 0.25) is 4.77 Å². The zero-order chi connectivity index (χ0) is 16.0. The third kappa shape index (κ3) is 2.58. The lowest BCUT2D eigenvalue weighted by molar-refractivity contribution is 0.138. The van der Waals surface area contributed by atoms with E-state index in [-0.39, 0.29) is 0 Å². The second-order valence-electron chi connectivity index (χ2n) is 6.79. The number of likely N-dealkylation sites (tertiary alicyclic amines) is 1. The Hall–Kier alpha value is -1.72. The molecule has 1 saturated heterocycles. The Labute approximate surface area is 141 Å². The highest BCUT2D eigenvalue weighted by atomic mass is 32.1. The SMILES string of the molecule is Cc1cc2nn(CN3CCC[C@@H](C)C3)c(=S)n2c2ccccc12. The lowest BCUT2D eigenvalue weighted by atomic mass is 10.0. The Bertz CT molecular complexity index is 924. The first kappa shape index (κ1) is 14.8. The first-order valence-electron chi connectivity index (χ1n) is 8.34. The van der Waals surface area contributed by atoms with Gasteiger partial charge in [-0.2, -0.15) is 5.10 Å². The number of pyridine rings is 1. The molecule has 4 rings (SSSR count). The molecule has 0 bridgehead atoms. The monoisotopic (exact) mass is 326 g/mol. The molecule has 3 heterocycles. The van der Waals surface area contributed by atoms with Gasteiger partial charge in [0, 0.05) is 11.9 Å². The third-order valence-electron chi connectivity index (χ3n) is 4.85. The lowest BCUT2D eigenvalue weighted by Crippen LogP contribution is -2.36. The van der Waals surface area contributed by atoms with Gasteiger partial charge in [0.1, 0.15) is 0 Å². The van der Waals surface area contributed by atoms with Crippen molar-refractivity contribution in [3.8, 4) is 0 Å². The summed E-state index contributed by atoms with van der Waals surface area (Å²) >= 11 is 5.73. The van der Waals surface area contributed by atoms with Crippen molar-refractivity contribution in [2.45, 2.75) is 33.4 Å². The van der Waals surface area contributed by atoms with Crippen LogP contribution in [0.15, 0.2) is 30.3 Å². The smallest absolute Gasteiger partial charge is 0.204 e. The van der Waals surface area contributed by atoms with Crippen LogP contribution in [-0.2, 0) is 6.67 Å². The number of benzene rings is 1. The summed E-state index contributed by atoms with van der Waals surface area (Å²) in [5.74, 6) is 0.762. The maximum atomic E-state index is 5.73. The van der Waals surface area contributed by atoms with Gasteiger partial charge in [-0.05, 0) is 62.1 Å². The fourth-order valence-electron chi connectivity index (χ4n) is 3.71. The van der Waals surface area contributed by atoms with Gasteiger partial charge in [0.15, 0.2) is 5.65 Å². The van der Waals surface area contributed by atoms with Gasteiger partial charge in [0.05, 0.1) is 12.2 Å². The molecule has 0 N–H and O–H groups in total. The van der Waals surface area contributed by atoms with Crippen LogP contribution >= 0.6 is 12.2 Å². The fourth-order valence-corrected chi connectivity index (χ4v) is 4.01. The van der Waals surface area contributed by atoms with Gasteiger partial charge >= 0.3 is 0 Å². The molecule has 0 unspecified atom stereocenters. The zero-order valence-electron chi connectivity index (χ0n) is 13.7. The Morgan fingerprint density at radius 3 is 2.96 bits per heavy atom. The van der Waals surface area contributed by atoms with Crippen molar-refractivity contribution < 1.29 is 0 Å². The van der Waals surface area contributed by atoms with Crippen molar-refractivity contribution in [2.75, 3.05) is 13.1 Å². The molecule has 0 saturated carbocycles. The van der Waals surface area contributed by atoms with Crippen LogP contribution in [0.4, 0.5) is 0 Å². The van der Waals surface area contributed by atoms with Crippen LogP contribution in [0.5, 0.6) is 0 Å². The highest BCUT2D eigenvalue weighted by Gasteiger charge is 2.18. The zero-order valence-corrected chi connectivity index (χ0v) is 14.5. The van der Waals surface area contributed by atoms with Crippen molar-refractivity contribution in [2.24, 2.45) is 5.92 Å². The fraction of sp³-hybridized carbons (Fsp3) is 0.444. The number of hydrogen-bond acceptors (Lipinski definition) is 3. The highest BCUT2D eigenvalue weighted by molar-refractivity contribution is 7.71. The summed E-state index contributed by atoms with van der Waals surface area (Å²) in [6.45, 7) is 7.52. The van der Waals surface area contributed by atoms with Gasteiger partial charge in [-0.1, -0.05) is 25.1 Å². The topological polar surface area (TPSA) is 25.5 Å². The summed E-state index contributed by atoms with van der Waals surface area (Å²) in [5.41, 5.74) is 3.33. The number of fused-ring (bicyclic) bond motifs is 3. The van der Waals surface area contributed by atoms with Crippen molar-refractivity contribution in [1.82, 2.24) is 19.1 Å². The lowest BCUT2D eigenvalue weighted by Gasteiger charge is -2.30. The maximum absolute atomic E-state index is 5.73. The summed E-state index contributed by atoms with van der Waals surface area (Å²) in [6.07, 6.45) is 2.60. The molecule has 1 aliphatic heterocycles. The summed E-state index contributed by atoms with van der Waals surface area (Å²) in [7, 11) is 0. The maximum Gasteiger partial charge on any atom is 0.204 e. The molecule has 1 aliphatic rings. The van der Waals surface area contributed by atoms with E-state index in [2.05, 4.69) is 53.5 Å². The number of hydrogen-bond donors (Lipinski definition) is 0. The van der Waals surface area contributed by atoms with Crippen LogP contribution < -0.4 is 0 Å². The summed E-state index contributed by atoms with van der Waals surface area (Å²) < 4.78 is 4.87. The molecule has 5 heteroatoms. The number of aromatic nitrogens is 3. The van der Waals surface area contributed by atoms with E-state index in [1.807, 2.05) is 4.68 Å². The number of para-hydroxylation sites is 1. The number of nitrogens with zero attached hydrogens (tertiary/aromatic N) is 4. The van der Waals surface area contributed by atoms with Gasteiger partial charge < -0.3 is 0 Å². The van der Waals surface area contributed by atoms with Crippen LogP contribution in [0, 0.1) is 17.6 Å². The molecule has 0 aliphatic carbocycles. The van der Waals surface area contributed by atoms with E-state index in [0.717, 1.165) is 41.6 Å². The van der Waals surface area contributed by atoms with E-state index in [1.165, 1.54) is 23.8 Å². The predicted octanol–water partition coefficient (Wildman–Crippen LogP) is 4.02. The van der Waals surface area contributed by atoms with Gasteiger partial charge in [-0.25, -0.2) is 4.68 Å². The minimum absolute atomic E-state index is 0.762. The summed E-state index contributed by atoms with van der Waals surface area (Å²) in [6, 6.07) is 10.5. The van der Waals surface area contributed by atoms with E-state index in [9.17, 15) is 0 Å². The van der Waals surface area contributed by atoms with E-state index < -0.39 is 0 Å². The minimum atomic E-state index is 0.762. The standard InChI is InChI=1S/C18H22N4S/c1-13-6-5-9-20(11-13)12-21-18(23)22-16-8-4-3-7-15(16)14(2)10-17(22)19-21/h3-4,7-8,10,13H,5-6,9,11-12H2,1-2H3/t13-/m1/s1. The third-order valence-corrected chi connectivity index (χ3v) is 5.25. The minimum Gasteiger partial charge on any atom is -0.284 e. The second kappa shape index (κ2) is 5.73. The molecule has 4 nitrogen and oxygen atoms in total. The van der Waals surface area contributed by atoms with Crippen LogP contribution in [0.1, 0.15) is 25.3 Å². The van der Waals surface area contributed by atoms with E-state index in [4.69, 9.17) is 17.3 Å². The molecule has 1 fully saturated rings. The molecule has 23 heavy (non-hydrogen) atoms.